The first kappa shape index (κ1) is 14.3. The van der Waals surface area contributed by atoms with Gasteiger partial charge >= 0.3 is 0 Å². The van der Waals surface area contributed by atoms with Crippen LogP contribution in [-0.4, -0.2) is 23.0 Å². The molecule has 0 atom stereocenters. The van der Waals surface area contributed by atoms with Gasteiger partial charge in [-0.25, -0.2) is 4.98 Å². The number of carbonyl (C=O) groups is 1. The number of aromatic nitrogens is 2. The highest BCUT2D eigenvalue weighted by molar-refractivity contribution is 5.94. The summed E-state index contributed by atoms with van der Waals surface area (Å²) in [6.45, 7) is 0. The average Bonchev–Trinajstić information content (AvgIpc) is 2.53. The largest absolute Gasteiger partial charge is 0.481 e. The Morgan fingerprint density at radius 2 is 2.29 bits per heavy atom. The molecule has 21 heavy (non-hydrogen) atoms. The van der Waals surface area contributed by atoms with Crippen LogP contribution in [0.2, 0.25) is 0 Å². The minimum absolute atomic E-state index is 0.218. The Morgan fingerprint density at radius 3 is 3.05 bits per heavy atom. The molecule has 1 heterocycles. The molecule has 7 heteroatoms. The maximum Gasteiger partial charge on any atom is 0.269 e. The van der Waals surface area contributed by atoms with Crippen LogP contribution in [-0.2, 0) is 6.42 Å². The molecule has 0 fully saturated rings. The van der Waals surface area contributed by atoms with Gasteiger partial charge in [-0.15, -0.1) is 0 Å². The van der Waals surface area contributed by atoms with Crippen LogP contribution in [0.4, 0.5) is 5.95 Å². The summed E-state index contributed by atoms with van der Waals surface area (Å²) in [7, 11) is 1.49. The number of anilines is 1. The number of hydrazine groups is 1. The number of carbonyl (C=O) groups excluding carboxylic acids is 1. The standard InChI is InChI=1S/C14H13N5O2/c1-21-12-6-8-16-14(17-12)19-18-13(20)11-4-2-3-10(9-11)5-7-15/h2-4,6,8-9H,5H2,1H3,(H,18,20)(H,16,17,19). The van der Waals surface area contributed by atoms with Crippen molar-refractivity contribution in [1.29, 1.82) is 5.26 Å². The van der Waals surface area contributed by atoms with Crippen LogP contribution in [0.3, 0.4) is 0 Å². The number of hydrogen-bond acceptors (Lipinski definition) is 6. The summed E-state index contributed by atoms with van der Waals surface area (Å²) in [5.41, 5.74) is 6.31. The summed E-state index contributed by atoms with van der Waals surface area (Å²) in [6.07, 6.45) is 1.77. The number of nitrogens with one attached hydrogen (secondary N) is 2. The molecular weight excluding hydrogens is 270 g/mol. The topological polar surface area (TPSA) is 99.9 Å². The highest BCUT2D eigenvalue weighted by atomic mass is 16.5. The minimum atomic E-state index is -0.346. The third kappa shape index (κ3) is 3.91. The number of ether oxygens (including phenoxy) is 1. The first-order chi connectivity index (χ1) is 10.2. The summed E-state index contributed by atoms with van der Waals surface area (Å²) in [4.78, 5) is 19.9. The van der Waals surface area contributed by atoms with Crippen molar-refractivity contribution in [3.63, 3.8) is 0 Å². The van der Waals surface area contributed by atoms with Crippen LogP contribution in [0.15, 0.2) is 36.5 Å². The number of methoxy groups -OCH3 is 1. The molecule has 0 unspecified atom stereocenters. The van der Waals surface area contributed by atoms with Gasteiger partial charge in [0.2, 0.25) is 11.8 Å². The van der Waals surface area contributed by atoms with Gasteiger partial charge in [-0.2, -0.15) is 10.2 Å². The van der Waals surface area contributed by atoms with Crippen molar-refractivity contribution < 1.29 is 9.53 Å². The Bertz CT molecular complexity index is 681. The van der Waals surface area contributed by atoms with E-state index in [0.717, 1.165) is 5.56 Å². The van der Waals surface area contributed by atoms with E-state index >= 15 is 0 Å². The van der Waals surface area contributed by atoms with E-state index in [1.807, 2.05) is 6.07 Å². The van der Waals surface area contributed by atoms with E-state index in [0.29, 0.717) is 11.4 Å². The second-order valence-corrected chi connectivity index (χ2v) is 4.04. The Morgan fingerprint density at radius 1 is 1.43 bits per heavy atom. The summed E-state index contributed by atoms with van der Waals surface area (Å²) in [6, 6.07) is 10.5. The van der Waals surface area contributed by atoms with Crippen molar-refractivity contribution in [2.75, 3.05) is 12.5 Å². The molecule has 0 aliphatic rings. The van der Waals surface area contributed by atoms with Crippen molar-refractivity contribution in [1.82, 2.24) is 15.4 Å². The van der Waals surface area contributed by atoms with E-state index < -0.39 is 0 Å². The van der Waals surface area contributed by atoms with Gasteiger partial charge in [-0.3, -0.25) is 15.6 Å². The van der Waals surface area contributed by atoms with Crippen molar-refractivity contribution in [3.8, 4) is 11.9 Å². The fourth-order valence-corrected chi connectivity index (χ4v) is 1.61. The van der Waals surface area contributed by atoms with Gasteiger partial charge in [0.25, 0.3) is 5.91 Å². The fraction of sp³-hybridized carbons (Fsp3) is 0.143. The van der Waals surface area contributed by atoms with E-state index in [1.54, 1.807) is 30.3 Å². The zero-order valence-corrected chi connectivity index (χ0v) is 11.3. The lowest BCUT2D eigenvalue weighted by Gasteiger charge is -2.08. The van der Waals surface area contributed by atoms with Crippen LogP contribution < -0.4 is 15.6 Å². The zero-order valence-electron chi connectivity index (χ0n) is 11.3. The second kappa shape index (κ2) is 6.86. The molecule has 1 amide bonds. The molecule has 0 radical (unpaired) electrons. The Kier molecular flexibility index (Phi) is 4.66. The lowest BCUT2D eigenvalue weighted by atomic mass is 10.1. The van der Waals surface area contributed by atoms with Crippen molar-refractivity contribution in [2.24, 2.45) is 0 Å². The number of benzene rings is 1. The smallest absolute Gasteiger partial charge is 0.269 e. The summed E-state index contributed by atoms with van der Waals surface area (Å²) < 4.78 is 4.95. The van der Waals surface area contributed by atoms with E-state index in [-0.39, 0.29) is 18.3 Å². The molecular formula is C14H13N5O2. The fourth-order valence-electron chi connectivity index (χ4n) is 1.61. The summed E-state index contributed by atoms with van der Waals surface area (Å²) in [5, 5.41) is 8.66. The molecule has 0 saturated carbocycles. The third-order valence-electron chi connectivity index (χ3n) is 2.60. The minimum Gasteiger partial charge on any atom is -0.481 e. The first-order valence-electron chi connectivity index (χ1n) is 6.12. The number of nitriles is 1. The van der Waals surface area contributed by atoms with Gasteiger partial charge in [0.1, 0.15) is 0 Å². The SMILES string of the molecule is COc1ccnc(NNC(=O)c2cccc(CC#N)c2)n1. The maximum atomic E-state index is 12.0. The van der Waals surface area contributed by atoms with Crippen molar-refractivity contribution >= 4 is 11.9 Å². The molecule has 1 aromatic heterocycles. The molecule has 7 nitrogen and oxygen atoms in total. The molecule has 2 rings (SSSR count). The van der Waals surface area contributed by atoms with Crippen LogP contribution in [0, 0.1) is 11.3 Å². The van der Waals surface area contributed by atoms with Crippen molar-refractivity contribution in [2.45, 2.75) is 6.42 Å². The lowest BCUT2D eigenvalue weighted by molar-refractivity contribution is 0.0962. The van der Waals surface area contributed by atoms with Gasteiger partial charge < -0.3 is 4.74 Å². The van der Waals surface area contributed by atoms with Gasteiger partial charge in [0, 0.05) is 17.8 Å². The van der Waals surface area contributed by atoms with Gasteiger partial charge in [-0.1, -0.05) is 12.1 Å². The highest BCUT2D eigenvalue weighted by Crippen LogP contribution is 2.08. The Labute approximate surface area is 121 Å². The van der Waals surface area contributed by atoms with Crippen LogP contribution in [0.5, 0.6) is 5.88 Å². The predicted octanol–water partition coefficient (Wildman–Crippen LogP) is 1.31. The molecule has 1 aromatic carbocycles. The maximum absolute atomic E-state index is 12.0. The highest BCUT2D eigenvalue weighted by Gasteiger charge is 2.07. The monoisotopic (exact) mass is 283 g/mol. The second-order valence-electron chi connectivity index (χ2n) is 4.04. The third-order valence-corrected chi connectivity index (χ3v) is 2.60. The number of hydrogen-bond donors (Lipinski definition) is 2. The van der Waals surface area contributed by atoms with E-state index in [4.69, 9.17) is 10.00 Å². The molecule has 0 aliphatic carbocycles. The van der Waals surface area contributed by atoms with E-state index in [2.05, 4.69) is 20.8 Å². The average molecular weight is 283 g/mol. The molecule has 0 bridgehead atoms. The molecule has 2 N–H and O–H groups in total. The van der Waals surface area contributed by atoms with E-state index in [1.165, 1.54) is 13.3 Å². The molecule has 2 aromatic rings. The number of rotatable bonds is 5. The van der Waals surface area contributed by atoms with Crippen LogP contribution in [0.25, 0.3) is 0 Å². The van der Waals surface area contributed by atoms with Crippen LogP contribution >= 0.6 is 0 Å². The lowest BCUT2D eigenvalue weighted by Crippen LogP contribution is -2.30. The van der Waals surface area contributed by atoms with Crippen molar-refractivity contribution in [3.05, 3.63) is 47.7 Å². The quantitative estimate of drug-likeness (QED) is 0.802. The van der Waals surface area contributed by atoms with Gasteiger partial charge in [0.15, 0.2) is 0 Å². The Balaban J connectivity index is 2.01. The molecule has 0 saturated heterocycles. The van der Waals surface area contributed by atoms with Gasteiger partial charge in [-0.05, 0) is 17.7 Å². The molecule has 106 valence electrons. The summed E-state index contributed by atoms with van der Waals surface area (Å²) >= 11 is 0. The number of amides is 1. The number of nitrogens with zero attached hydrogens (tertiary/aromatic N) is 3. The zero-order chi connectivity index (χ0) is 15.1. The van der Waals surface area contributed by atoms with Crippen LogP contribution in [0.1, 0.15) is 15.9 Å². The van der Waals surface area contributed by atoms with E-state index in [9.17, 15) is 4.79 Å². The first-order valence-corrected chi connectivity index (χ1v) is 6.12. The normalized spacial score (nSPS) is 9.52. The molecule has 0 aliphatic heterocycles. The Hall–Kier alpha value is -3.14. The van der Waals surface area contributed by atoms with Gasteiger partial charge in [0.05, 0.1) is 19.6 Å². The summed E-state index contributed by atoms with van der Waals surface area (Å²) in [5.74, 6) is 0.259. The predicted molar refractivity (Wildman–Crippen MR) is 75.4 cm³/mol. The molecule has 0 spiro atoms.